The van der Waals surface area contributed by atoms with E-state index in [9.17, 15) is 28.1 Å². The molecule has 0 N–H and O–H groups in total. The van der Waals surface area contributed by atoms with E-state index in [4.69, 9.17) is 9.47 Å². The molecule has 2 heterocycles. The number of carbonyl (C=O) groups excluding carboxylic acids is 1. The number of ether oxygens (including phenoxy) is 3. The van der Waals surface area contributed by atoms with Crippen molar-refractivity contribution in [3.8, 4) is 5.75 Å². The molecule has 0 saturated carbocycles. The monoisotopic (exact) mass is 458 g/mol. The average molecular weight is 458 g/mol. The minimum Gasteiger partial charge on any atom is -0.443 e. The van der Waals surface area contributed by atoms with Gasteiger partial charge in [0.1, 0.15) is 17.5 Å². The molecular weight excluding hydrogens is 437 g/mol. The molecule has 174 valence electrons. The SMILES string of the molecule is CC(C)(C)OC(=O)N1CC(OCc2ccc(OC(F)(F)F)cc2)Cn2cc([N+](=O)[O-])nc21. The lowest BCUT2D eigenvalue weighted by Gasteiger charge is -2.32. The third kappa shape index (κ3) is 6.09. The van der Waals surface area contributed by atoms with Gasteiger partial charge in [0.25, 0.3) is 0 Å². The molecule has 1 aliphatic rings. The second-order valence-corrected chi connectivity index (χ2v) is 8.02. The minimum atomic E-state index is -4.78. The molecule has 1 aromatic carbocycles. The molecule has 32 heavy (non-hydrogen) atoms. The Morgan fingerprint density at radius 1 is 1.22 bits per heavy atom. The number of hydrogen-bond donors (Lipinski definition) is 0. The zero-order valence-electron chi connectivity index (χ0n) is 17.5. The lowest BCUT2D eigenvalue weighted by Crippen LogP contribution is -2.47. The van der Waals surface area contributed by atoms with Crippen LogP contribution < -0.4 is 9.64 Å². The molecule has 3 rings (SSSR count). The zero-order valence-corrected chi connectivity index (χ0v) is 17.5. The topological polar surface area (TPSA) is 109 Å². The Labute approximate surface area is 180 Å². The number of anilines is 1. The van der Waals surface area contributed by atoms with Gasteiger partial charge in [-0.15, -0.1) is 13.2 Å². The maximum absolute atomic E-state index is 12.6. The number of nitrogens with zero attached hydrogens (tertiary/aromatic N) is 4. The van der Waals surface area contributed by atoms with Crippen molar-refractivity contribution in [2.24, 2.45) is 0 Å². The highest BCUT2D eigenvalue weighted by Crippen LogP contribution is 2.28. The summed E-state index contributed by atoms with van der Waals surface area (Å²) in [4.78, 5) is 28.2. The summed E-state index contributed by atoms with van der Waals surface area (Å²) in [7, 11) is 0. The Morgan fingerprint density at radius 2 is 1.88 bits per heavy atom. The molecule has 0 aliphatic carbocycles. The third-order valence-electron chi connectivity index (χ3n) is 4.21. The van der Waals surface area contributed by atoms with Gasteiger partial charge >= 0.3 is 24.2 Å². The number of amides is 1. The summed E-state index contributed by atoms with van der Waals surface area (Å²) in [6.45, 7) is 5.30. The van der Waals surface area contributed by atoms with Gasteiger partial charge in [-0.2, -0.15) is 0 Å². The Hall–Kier alpha value is -3.35. The van der Waals surface area contributed by atoms with Crippen LogP contribution in [0.25, 0.3) is 0 Å². The highest BCUT2D eigenvalue weighted by molar-refractivity contribution is 5.86. The fraction of sp³-hybridized carbons (Fsp3) is 0.474. The van der Waals surface area contributed by atoms with Crippen LogP contribution in [-0.4, -0.2) is 45.2 Å². The van der Waals surface area contributed by atoms with Crippen molar-refractivity contribution in [2.75, 3.05) is 11.4 Å². The predicted molar refractivity (Wildman–Crippen MR) is 104 cm³/mol. The Balaban J connectivity index is 1.72. The molecule has 1 amide bonds. The fourth-order valence-corrected chi connectivity index (χ4v) is 2.97. The van der Waals surface area contributed by atoms with Gasteiger partial charge in [-0.25, -0.2) is 9.69 Å². The number of benzene rings is 1. The first-order chi connectivity index (χ1) is 14.8. The first-order valence-electron chi connectivity index (χ1n) is 9.49. The van der Waals surface area contributed by atoms with E-state index in [0.717, 1.165) is 17.0 Å². The minimum absolute atomic E-state index is 0.0261. The van der Waals surface area contributed by atoms with E-state index in [2.05, 4.69) is 9.72 Å². The number of fused-ring (bicyclic) bond motifs is 1. The summed E-state index contributed by atoms with van der Waals surface area (Å²) in [5, 5.41) is 11.1. The van der Waals surface area contributed by atoms with Crippen LogP contribution in [0.4, 0.5) is 29.7 Å². The molecule has 0 spiro atoms. The van der Waals surface area contributed by atoms with Gasteiger partial charge in [0.05, 0.1) is 25.8 Å². The van der Waals surface area contributed by atoms with Crippen molar-refractivity contribution >= 4 is 17.9 Å². The molecular formula is C19H21F3N4O6. The lowest BCUT2D eigenvalue weighted by molar-refractivity contribution is -0.389. The summed E-state index contributed by atoms with van der Waals surface area (Å²) in [5.41, 5.74) is -0.222. The number of halogens is 3. The largest absolute Gasteiger partial charge is 0.573 e. The first kappa shape index (κ1) is 23.3. The number of hydrogen-bond acceptors (Lipinski definition) is 7. The molecule has 1 aliphatic heterocycles. The van der Waals surface area contributed by atoms with Gasteiger partial charge in [-0.1, -0.05) is 12.1 Å². The molecule has 0 bridgehead atoms. The maximum Gasteiger partial charge on any atom is 0.573 e. The fourth-order valence-electron chi connectivity index (χ4n) is 2.97. The Bertz CT molecular complexity index is 984. The number of carbonyl (C=O) groups is 1. The molecule has 0 radical (unpaired) electrons. The van der Waals surface area contributed by atoms with Crippen LogP contribution in [0.2, 0.25) is 0 Å². The van der Waals surface area contributed by atoms with Gasteiger partial charge in [-0.3, -0.25) is 4.57 Å². The van der Waals surface area contributed by atoms with Gasteiger partial charge < -0.3 is 24.3 Å². The van der Waals surface area contributed by atoms with Crippen LogP contribution in [0.3, 0.4) is 0 Å². The second-order valence-electron chi connectivity index (χ2n) is 8.02. The Morgan fingerprint density at radius 3 is 2.44 bits per heavy atom. The van der Waals surface area contributed by atoms with E-state index >= 15 is 0 Å². The van der Waals surface area contributed by atoms with Crippen LogP contribution in [0.5, 0.6) is 5.75 Å². The van der Waals surface area contributed by atoms with Crippen molar-refractivity contribution in [3.05, 3.63) is 46.1 Å². The van der Waals surface area contributed by atoms with Crippen LogP contribution >= 0.6 is 0 Å². The number of rotatable bonds is 5. The molecule has 2 aromatic rings. The molecule has 10 nitrogen and oxygen atoms in total. The quantitative estimate of drug-likeness (QED) is 0.492. The van der Waals surface area contributed by atoms with Gasteiger partial charge in [0, 0.05) is 4.98 Å². The van der Waals surface area contributed by atoms with Crippen LogP contribution in [0.15, 0.2) is 30.5 Å². The second kappa shape index (κ2) is 8.65. The summed E-state index contributed by atoms with van der Waals surface area (Å²) in [6, 6.07) is 5.17. The van der Waals surface area contributed by atoms with Crippen molar-refractivity contribution in [1.82, 2.24) is 9.55 Å². The molecule has 0 saturated heterocycles. The molecule has 13 heteroatoms. The van der Waals surface area contributed by atoms with E-state index in [1.807, 2.05) is 0 Å². The van der Waals surface area contributed by atoms with E-state index in [0.29, 0.717) is 5.56 Å². The molecule has 0 fully saturated rings. The third-order valence-corrected chi connectivity index (χ3v) is 4.21. The highest BCUT2D eigenvalue weighted by Gasteiger charge is 2.38. The Kier molecular flexibility index (Phi) is 6.30. The number of nitro groups is 1. The average Bonchev–Trinajstić information content (AvgIpc) is 3.08. The first-order valence-corrected chi connectivity index (χ1v) is 9.49. The lowest BCUT2D eigenvalue weighted by atomic mass is 10.2. The highest BCUT2D eigenvalue weighted by atomic mass is 19.4. The van der Waals surface area contributed by atoms with Gasteiger partial charge in [-0.05, 0) is 43.4 Å². The smallest absolute Gasteiger partial charge is 0.443 e. The molecule has 1 atom stereocenters. The van der Waals surface area contributed by atoms with Crippen LogP contribution in [0.1, 0.15) is 26.3 Å². The van der Waals surface area contributed by atoms with Gasteiger partial charge in [0.15, 0.2) is 0 Å². The summed E-state index contributed by atoms with van der Waals surface area (Å²) in [5.74, 6) is -0.709. The summed E-state index contributed by atoms with van der Waals surface area (Å²) >= 11 is 0. The molecule has 1 aromatic heterocycles. The maximum atomic E-state index is 12.6. The van der Waals surface area contributed by atoms with Crippen molar-refractivity contribution in [2.45, 2.75) is 52.0 Å². The van der Waals surface area contributed by atoms with Crippen molar-refractivity contribution in [3.63, 3.8) is 0 Å². The molecule has 1 unspecified atom stereocenters. The standard InChI is InChI=1S/C19H21F3N4O6/c1-18(2,3)32-17(27)25-9-14(8-24-10-15(26(28)29)23-16(24)25)30-11-12-4-6-13(7-5-12)31-19(20,21)22/h4-7,10,14H,8-9,11H2,1-3H3. The van der Waals surface area contributed by atoms with Crippen LogP contribution in [0, 0.1) is 10.1 Å². The van der Waals surface area contributed by atoms with Crippen molar-refractivity contribution in [1.29, 1.82) is 0 Å². The van der Waals surface area contributed by atoms with E-state index in [1.54, 1.807) is 20.8 Å². The summed E-state index contributed by atoms with van der Waals surface area (Å²) in [6.07, 6.45) is -4.89. The number of imidazole rings is 1. The summed E-state index contributed by atoms with van der Waals surface area (Å²) < 4.78 is 53.3. The number of aromatic nitrogens is 2. The van der Waals surface area contributed by atoms with E-state index < -0.39 is 34.9 Å². The van der Waals surface area contributed by atoms with Gasteiger partial charge in [0.2, 0.25) is 0 Å². The zero-order chi connectivity index (χ0) is 23.7. The van der Waals surface area contributed by atoms with Crippen LogP contribution in [-0.2, 0) is 22.6 Å². The van der Waals surface area contributed by atoms with Crippen molar-refractivity contribution < 1.29 is 37.1 Å². The number of alkyl halides is 3. The normalized spacial score (nSPS) is 16.4. The predicted octanol–water partition coefficient (Wildman–Crippen LogP) is 4.03. The van der Waals surface area contributed by atoms with E-state index in [-0.39, 0.29) is 31.4 Å². The van der Waals surface area contributed by atoms with E-state index in [1.165, 1.54) is 22.9 Å².